The SMILES string of the molecule is CC(C)CN1C(N)=NCC1c1cc(F)c(F)cc1F. The molecule has 0 fully saturated rings. The maximum absolute atomic E-state index is 13.8. The maximum Gasteiger partial charge on any atom is 0.191 e. The Bertz CT molecular complexity index is 514. The largest absolute Gasteiger partial charge is 0.370 e. The summed E-state index contributed by atoms with van der Waals surface area (Å²) >= 11 is 0. The Balaban J connectivity index is 2.33. The van der Waals surface area contributed by atoms with Crippen molar-refractivity contribution in [1.29, 1.82) is 0 Å². The van der Waals surface area contributed by atoms with E-state index in [1.165, 1.54) is 0 Å². The van der Waals surface area contributed by atoms with Crippen LogP contribution in [-0.4, -0.2) is 23.9 Å². The average Bonchev–Trinajstić information content (AvgIpc) is 2.65. The summed E-state index contributed by atoms with van der Waals surface area (Å²) < 4.78 is 40.0. The highest BCUT2D eigenvalue weighted by atomic mass is 19.2. The van der Waals surface area contributed by atoms with E-state index in [2.05, 4.69) is 4.99 Å². The summed E-state index contributed by atoms with van der Waals surface area (Å²) in [5.74, 6) is -2.43. The van der Waals surface area contributed by atoms with Gasteiger partial charge in [0, 0.05) is 18.2 Å². The van der Waals surface area contributed by atoms with E-state index in [1.54, 1.807) is 4.90 Å². The molecule has 0 bridgehead atoms. The molecule has 1 unspecified atom stereocenters. The van der Waals surface area contributed by atoms with Crippen LogP contribution in [0, 0.1) is 23.4 Å². The zero-order valence-corrected chi connectivity index (χ0v) is 10.8. The summed E-state index contributed by atoms with van der Waals surface area (Å²) in [6, 6.07) is 0.973. The van der Waals surface area contributed by atoms with E-state index < -0.39 is 23.5 Å². The van der Waals surface area contributed by atoms with Crippen LogP contribution in [0.15, 0.2) is 17.1 Å². The minimum atomic E-state index is -1.19. The van der Waals surface area contributed by atoms with Crippen molar-refractivity contribution in [3.63, 3.8) is 0 Å². The van der Waals surface area contributed by atoms with Gasteiger partial charge in [-0.25, -0.2) is 13.2 Å². The lowest BCUT2D eigenvalue weighted by molar-refractivity contribution is 0.301. The summed E-state index contributed by atoms with van der Waals surface area (Å²) in [7, 11) is 0. The lowest BCUT2D eigenvalue weighted by Crippen LogP contribution is -2.38. The van der Waals surface area contributed by atoms with Crippen molar-refractivity contribution in [1.82, 2.24) is 4.90 Å². The van der Waals surface area contributed by atoms with E-state index in [9.17, 15) is 13.2 Å². The first-order valence-corrected chi connectivity index (χ1v) is 6.11. The first kappa shape index (κ1) is 13.7. The van der Waals surface area contributed by atoms with E-state index in [-0.39, 0.29) is 12.1 Å². The van der Waals surface area contributed by atoms with Gasteiger partial charge in [0.15, 0.2) is 17.6 Å². The van der Waals surface area contributed by atoms with Gasteiger partial charge in [-0.2, -0.15) is 0 Å². The third-order valence-electron chi connectivity index (χ3n) is 3.06. The molecule has 2 rings (SSSR count). The minimum absolute atomic E-state index is 0.0868. The van der Waals surface area contributed by atoms with Crippen LogP contribution in [0.4, 0.5) is 13.2 Å². The van der Waals surface area contributed by atoms with E-state index >= 15 is 0 Å². The van der Waals surface area contributed by atoms with Gasteiger partial charge < -0.3 is 10.6 Å². The Kier molecular flexibility index (Phi) is 3.68. The van der Waals surface area contributed by atoms with Crippen LogP contribution in [0.5, 0.6) is 0 Å². The molecule has 19 heavy (non-hydrogen) atoms. The summed E-state index contributed by atoms with van der Waals surface area (Å²) in [6.45, 7) is 4.81. The number of rotatable bonds is 3. The first-order chi connectivity index (χ1) is 8.90. The molecular weight excluding hydrogens is 255 g/mol. The van der Waals surface area contributed by atoms with E-state index in [4.69, 9.17) is 5.73 Å². The number of nitrogens with two attached hydrogens (primary N) is 1. The highest BCUT2D eigenvalue weighted by Crippen LogP contribution is 2.29. The second-order valence-corrected chi connectivity index (χ2v) is 5.05. The molecular formula is C13H16F3N3. The molecule has 2 N–H and O–H groups in total. The molecule has 1 aliphatic rings. The molecule has 1 aromatic carbocycles. The molecule has 0 aliphatic carbocycles. The quantitative estimate of drug-likeness (QED) is 0.858. The van der Waals surface area contributed by atoms with Gasteiger partial charge in [0.25, 0.3) is 0 Å². The molecule has 0 saturated carbocycles. The molecule has 1 atom stereocenters. The van der Waals surface area contributed by atoms with Crippen molar-refractivity contribution < 1.29 is 13.2 Å². The monoisotopic (exact) mass is 271 g/mol. The van der Waals surface area contributed by atoms with Gasteiger partial charge in [-0.15, -0.1) is 0 Å². The Labute approximate surface area is 109 Å². The number of guanidine groups is 1. The second-order valence-electron chi connectivity index (χ2n) is 5.05. The van der Waals surface area contributed by atoms with Crippen molar-refractivity contribution in [3.05, 3.63) is 35.1 Å². The Morgan fingerprint density at radius 3 is 2.53 bits per heavy atom. The Morgan fingerprint density at radius 1 is 1.26 bits per heavy atom. The fourth-order valence-electron chi connectivity index (χ4n) is 2.20. The number of aliphatic imine (C=N–C) groups is 1. The topological polar surface area (TPSA) is 41.6 Å². The maximum atomic E-state index is 13.8. The minimum Gasteiger partial charge on any atom is -0.370 e. The summed E-state index contributed by atoms with van der Waals surface area (Å²) in [5, 5.41) is 0. The van der Waals surface area contributed by atoms with Gasteiger partial charge in [0.05, 0.1) is 12.6 Å². The lowest BCUT2D eigenvalue weighted by Gasteiger charge is -2.28. The molecule has 3 nitrogen and oxygen atoms in total. The van der Waals surface area contributed by atoms with Gasteiger partial charge in [0.1, 0.15) is 5.82 Å². The summed E-state index contributed by atoms with van der Waals surface area (Å²) in [6.07, 6.45) is 0. The third kappa shape index (κ3) is 2.67. The predicted molar refractivity (Wildman–Crippen MR) is 67.1 cm³/mol. The summed E-state index contributed by atoms with van der Waals surface area (Å²) in [5.41, 5.74) is 5.85. The van der Waals surface area contributed by atoms with Crippen LogP contribution in [0.2, 0.25) is 0 Å². The molecule has 1 aliphatic heterocycles. The Hall–Kier alpha value is -1.72. The molecule has 1 heterocycles. The van der Waals surface area contributed by atoms with Crippen LogP contribution in [0.25, 0.3) is 0 Å². The van der Waals surface area contributed by atoms with Crippen LogP contribution in [-0.2, 0) is 0 Å². The van der Waals surface area contributed by atoms with Crippen molar-refractivity contribution in [2.75, 3.05) is 13.1 Å². The predicted octanol–water partition coefficient (Wildman–Crippen LogP) is 2.43. The molecule has 6 heteroatoms. The van der Waals surface area contributed by atoms with Crippen molar-refractivity contribution >= 4 is 5.96 Å². The molecule has 1 aromatic rings. The zero-order valence-electron chi connectivity index (χ0n) is 10.8. The van der Waals surface area contributed by atoms with E-state index in [1.807, 2.05) is 13.8 Å². The van der Waals surface area contributed by atoms with Crippen molar-refractivity contribution in [2.24, 2.45) is 16.6 Å². The molecule has 0 aromatic heterocycles. The molecule has 104 valence electrons. The van der Waals surface area contributed by atoms with Crippen LogP contribution >= 0.6 is 0 Å². The normalized spacial score (nSPS) is 19.2. The van der Waals surface area contributed by atoms with E-state index in [0.717, 1.165) is 6.07 Å². The lowest BCUT2D eigenvalue weighted by atomic mass is 10.0. The molecule has 0 spiro atoms. The van der Waals surface area contributed by atoms with Gasteiger partial charge in [-0.05, 0) is 12.0 Å². The number of halogens is 3. The fraction of sp³-hybridized carbons (Fsp3) is 0.462. The number of hydrogen-bond acceptors (Lipinski definition) is 3. The third-order valence-corrected chi connectivity index (χ3v) is 3.06. The van der Waals surface area contributed by atoms with Gasteiger partial charge in [-0.3, -0.25) is 4.99 Å². The molecule has 0 amide bonds. The average molecular weight is 271 g/mol. The van der Waals surface area contributed by atoms with E-state index in [0.29, 0.717) is 24.5 Å². The fourth-order valence-corrected chi connectivity index (χ4v) is 2.20. The number of hydrogen-bond donors (Lipinski definition) is 1. The van der Waals surface area contributed by atoms with Crippen LogP contribution in [0.3, 0.4) is 0 Å². The van der Waals surface area contributed by atoms with Crippen molar-refractivity contribution in [3.8, 4) is 0 Å². The van der Waals surface area contributed by atoms with Gasteiger partial charge in [-0.1, -0.05) is 13.8 Å². The number of benzene rings is 1. The highest BCUT2D eigenvalue weighted by molar-refractivity contribution is 5.80. The molecule has 0 radical (unpaired) electrons. The van der Waals surface area contributed by atoms with Gasteiger partial charge >= 0.3 is 0 Å². The first-order valence-electron chi connectivity index (χ1n) is 6.11. The Morgan fingerprint density at radius 2 is 1.89 bits per heavy atom. The van der Waals surface area contributed by atoms with Gasteiger partial charge in [0.2, 0.25) is 0 Å². The van der Waals surface area contributed by atoms with Crippen LogP contribution in [0.1, 0.15) is 25.5 Å². The smallest absolute Gasteiger partial charge is 0.191 e. The number of nitrogens with zero attached hydrogens (tertiary/aromatic N) is 2. The highest BCUT2D eigenvalue weighted by Gasteiger charge is 2.30. The molecule has 0 saturated heterocycles. The van der Waals surface area contributed by atoms with Crippen LogP contribution < -0.4 is 5.73 Å². The van der Waals surface area contributed by atoms with Crippen molar-refractivity contribution in [2.45, 2.75) is 19.9 Å². The zero-order chi connectivity index (χ0) is 14.2. The summed E-state index contributed by atoms with van der Waals surface area (Å²) in [4.78, 5) is 5.78. The standard InChI is InChI=1S/C13H16F3N3/c1-7(2)6-19-12(5-18-13(19)17)8-3-10(15)11(16)4-9(8)14/h3-4,7,12H,5-6H2,1-2H3,(H2,17,18). The second kappa shape index (κ2) is 5.11.